The Morgan fingerprint density at radius 1 is 1.42 bits per heavy atom. The second-order valence-corrected chi connectivity index (χ2v) is 2.66. The standard InChI is InChI=1S/C9H18N2O/c1-4-6-7-8(3)9(12)11-10-5-2/h7,10H,4-6H2,1-3H3,(H,11,12). The summed E-state index contributed by atoms with van der Waals surface area (Å²) in [4.78, 5) is 11.2. The Morgan fingerprint density at radius 2 is 2.08 bits per heavy atom. The minimum Gasteiger partial charge on any atom is -0.288 e. The van der Waals surface area contributed by atoms with Crippen molar-refractivity contribution in [3.8, 4) is 0 Å². The van der Waals surface area contributed by atoms with Gasteiger partial charge in [-0.2, -0.15) is 0 Å². The fourth-order valence-electron chi connectivity index (χ4n) is 0.721. The number of rotatable bonds is 5. The third-order valence-electron chi connectivity index (χ3n) is 1.48. The zero-order valence-corrected chi connectivity index (χ0v) is 8.11. The molecular weight excluding hydrogens is 152 g/mol. The molecule has 0 aliphatic heterocycles. The van der Waals surface area contributed by atoms with Crippen LogP contribution in [0, 0.1) is 0 Å². The lowest BCUT2D eigenvalue weighted by Gasteiger charge is -2.04. The highest BCUT2D eigenvalue weighted by Gasteiger charge is 2.00. The van der Waals surface area contributed by atoms with Crippen molar-refractivity contribution >= 4 is 5.91 Å². The molecule has 3 heteroatoms. The number of allylic oxidation sites excluding steroid dienone is 1. The van der Waals surface area contributed by atoms with Gasteiger partial charge in [-0.3, -0.25) is 10.2 Å². The molecule has 0 aliphatic carbocycles. The molecule has 0 saturated heterocycles. The van der Waals surface area contributed by atoms with Crippen molar-refractivity contribution < 1.29 is 4.79 Å². The van der Waals surface area contributed by atoms with Crippen LogP contribution < -0.4 is 10.9 Å². The lowest BCUT2D eigenvalue weighted by Crippen LogP contribution is -2.37. The van der Waals surface area contributed by atoms with Crippen molar-refractivity contribution in [2.75, 3.05) is 6.54 Å². The van der Waals surface area contributed by atoms with Crippen LogP contribution in [0.2, 0.25) is 0 Å². The first-order valence-electron chi connectivity index (χ1n) is 4.42. The Kier molecular flexibility index (Phi) is 6.38. The summed E-state index contributed by atoms with van der Waals surface area (Å²) in [7, 11) is 0. The Balaban J connectivity index is 3.75. The molecule has 0 rings (SSSR count). The average Bonchev–Trinajstić information content (AvgIpc) is 2.10. The molecule has 70 valence electrons. The second-order valence-electron chi connectivity index (χ2n) is 2.66. The quantitative estimate of drug-likeness (QED) is 0.483. The molecule has 1 amide bonds. The maximum atomic E-state index is 11.2. The van der Waals surface area contributed by atoms with E-state index < -0.39 is 0 Å². The van der Waals surface area contributed by atoms with Gasteiger partial charge in [-0.25, -0.2) is 5.43 Å². The maximum Gasteiger partial charge on any atom is 0.260 e. The van der Waals surface area contributed by atoms with Crippen LogP contribution in [0.1, 0.15) is 33.6 Å². The molecule has 2 N–H and O–H groups in total. The van der Waals surface area contributed by atoms with Crippen LogP contribution in [-0.2, 0) is 4.79 Å². The summed E-state index contributed by atoms with van der Waals surface area (Å²) < 4.78 is 0. The van der Waals surface area contributed by atoms with E-state index in [0.717, 1.165) is 25.0 Å². The SMILES string of the molecule is CCCC=C(C)C(=O)NNCC. The van der Waals surface area contributed by atoms with Crippen molar-refractivity contribution in [1.29, 1.82) is 0 Å². The van der Waals surface area contributed by atoms with E-state index in [0.29, 0.717) is 0 Å². The van der Waals surface area contributed by atoms with Crippen molar-refractivity contribution in [2.45, 2.75) is 33.6 Å². The second kappa shape index (κ2) is 6.85. The molecule has 0 aliphatic rings. The van der Waals surface area contributed by atoms with E-state index >= 15 is 0 Å². The summed E-state index contributed by atoms with van der Waals surface area (Å²) in [5.41, 5.74) is 6.12. The van der Waals surface area contributed by atoms with Gasteiger partial charge in [0.1, 0.15) is 0 Å². The van der Waals surface area contributed by atoms with Crippen molar-refractivity contribution in [3.63, 3.8) is 0 Å². The number of hydrogen-bond acceptors (Lipinski definition) is 2. The van der Waals surface area contributed by atoms with Gasteiger partial charge in [0.15, 0.2) is 0 Å². The molecule has 0 atom stereocenters. The lowest BCUT2D eigenvalue weighted by atomic mass is 10.2. The summed E-state index contributed by atoms with van der Waals surface area (Å²) in [6, 6.07) is 0. The molecule has 0 heterocycles. The molecule has 0 unspecified atom stereocenters. The monoisotopic (exact) mass is 170 g/mol. The lowest BCUT2D eigenvalue weighted by molar-refractivity contribution is -0.118. The average molecular weight is 170 g/mol. The smallest absolute Gasteiger partial charge is 0.260 e. The van der Waals surface area contributed by atoms with E-state index in [1.165, 1.54) is 0 Å². The molecule has 0 bridgehead atoms. The molecule has 0 radical (unpaired) electrons. The number of carbonyl (C=O) groups excluding carboxylic acids is 1. The van der Waals surface area contributed by atoms with Gasteiger partial charge in [0.2, 0.25) is 0 Å². The van der Waals surface area contributed by atoms with Gasteiger partial charge < -0.3 is 0 Å². The number of unbranched alkanes of at least 4 members (excludes halogenated alkanes) is 1. The Morgan fingerprint density at radius 3 is 2.58 bits per heavy atom. The van der Waals surface area contributed by atoms with E-state index in [9.17, 15) is 4.79 Å². The van der Waals surface area contributed by atoms with Crippen LogP contribution in [0.3, 0.4) is 0 Å². The fourth-order valence-corrected chi connectivity index (χ4v) is 0.721. The summed E-state index contributed by atoms with van der Waals surface area (Å²) in [5.74, 6) is -0.0368. The molecule has 0 aromatic rings. The minimum atomic E-state index is -0.0368. The number of hydrogen-bond donors (Lipinski definition) is 2. The summed E-state index contributed by atoms with van der Waals surface area (Å²) in [6.45, 7) is 6.59. The molecule has 0 fully saturated rings. The zero-order valence-electron chi connectivity index (χ0n) is 8.11. The largest absolute Gasteiger partial charge is 0.288 e. The van der Waals surface area contributed by atoms with Crippen LogP contribution in [0.5, 0.6) is 0 Å². The summed E-state index contributed by atoms with van der Waals surface area (Å²) in [5, 5.41) is 0. The highest BCUT2D eigenvalue weighted by molar-refractivity contribution is 5.92. The van der Waals surface area contributed by atoms with Gasteiger partial charge in [0.25, 0.3) is 5.91 Å². The van der Waals surface area contributed by atoms with E-state index in [1.807, 2.05) is 19.9 Å². The molecule has 3 nitrogen and oxygen atoms in total. The Bertz CT molecular complexity index is 164. The van der Waals surface area contributed by atoms with Crippen LogP contribution in [-0.4, -0.2) is 12.5 Å². The Hall–Kier alpha value is -0.830. The van der Waals surface area contributed by atoms with E-state index in [1.54, 1.807) is 0 Å². The van der Waals surface area contributed by atoms with Gasteiger partial charge in [-0.1, -0.05) is 26.3 Å². The molecule has 0 spiro atoms. The van der Waals surface area contributed by atoms with Crippen LogP contribution in [0.25, 0.3) is 0 Å². The Labute approximate surface area is 74.2 Å². The third kappa shape index (κ3) is 4.91. The first-order valence-corrected chi connectivity index (χ1v) is 4.42. The predicted octanol–water partition coefficient (Wildman–Crippen LogP) is 1.37. The van der Waals surface area contributed by atoms with Crippen LogP contribution in [0.15, 0.2) is 11.6 Å². The summed E-state index contributed by atoms with van der Waals surface area (Å²) in [6.07, 6.45) is 3.99. The molecule has 0 aromatic heterocycles. The highest BCUT2D eigenvalue weighted by Crippen LogP contribution is 1.96. The van der Waals surface area contributed by atoms with E-state index in [2.05, 4.69) is 17.8 Å². The van der Waals surface area contributed by atoms with E-state index in [4.69, 9.17) is 0 Å². The number of carbonyl (C=O) groups is 1. The molecule has 12 heavy (non-hydrogen) atoms. The predicted molar refractivity (Wildman–Crippen MR) is 50.5 cm³/mol. The third-order valence-corrected chi connectivity index (χ3v) is 1.48. The van der Waals surface area contributed by atoms with Gasteiger partial charge in [-0.05, 0) is 13.3 Å². The van der Waals surface area contributed by atoms with E-state index in [-0.39, 0.29) is 5.91 Å². The number of amides is 1. The maximum absolute atomic E-state index is 11.2. The fraction of sp³-hybridized carbons (Fsp3) is 0.667. The van der Waals surface area contributed by atoms with Gasteiger partial charge >= 0.3 is 0 Å². The van der Waals surface area contributed by atoms with Gasteiger partial charge in [0, 0.05) is 12.1 Å². The van der Waals surface area contributed by atoms with Crippen molar-refractivity contribution in [1.82, 2.24) is 10.9 Å². The van der Waals surface area contributed by atoms with Gasteiger partial charge in [-0.15, -0.1) is 0 Å². The molecule has 0 aromatic carbocycles. The minimum absolute atomic E-state index is 0.0368. The van der Waals surface area contributed by atoms with Crippen molar-refractivity contribution in [2.24, 2.45) is 0 Å². The zero-order chi connectivity index (χ0) is 9.40. The number of nitrogens with one attached hydrogen (secondary N) is 2. The van der Waals surface area contributed by atoms with Crippen LogP contribution >= 0.6 is 0 Å². The van der Waals surface area contributed by atoms with Gasteiger partial charge in [0.05, 0.1) is 0 Å². The van der Waals surface area contributed by atoms with Crippen LogP contribution in [0.4, 0.5) is 0 Å². The first kappa shape index (κ1) is 11.2. The molecule has 0 saturated carbocycles. The van der Waals surface area contributed by atoms with Crippen molar-refractivity contribution in [3.05, 3.63) is 11.6 Å². The first-order chi connectivity index (χ1) is 5.72. The normalized spacial score (nSPS) is 11.4. The highest BCUT2D eigenvalue weighted by atomic mass is 16.2. The molecular formula is C9H18N2O. The summed E-state index contributed by atoms with van der Waals surface area (Å²) >= 11 is 0. The topological polar surface area (TPSA) is 41.1 Å². The number of hydrazine groups is 1.